The Morgan fingerprint density at radius 2 is 1.88 bits per heavy atom. The molecule has 0 unspecified atom stereocenters. The van der Waals surface area contributed by atoms with Gasteiger partial charge in [0.15, 0.2) is 5.96 Å². The summed E-state index contributed by atoms with van der Waals surface area (Å²) in [7, 11) is 3.18. The number of methoxy groups -OCH3 is 1. The van der Waals surface area contributed by atoms with Gasteiger partial charge in [-0.2, -0.15) is 0 Å². The number of hydrogen-bond donors (Lipinski definition) is 3. The van der Waals surface area contributed by atoms with Crippen molar-refractivity contribution in [2.45, 2.75) is 39.5 Å². The summed E-state index contributed by atoms with van der Waals surface area (Å²) in [6, 6.07) is 4.88. The Labute approximate surface area is 154 Å². The molecule has 0 radical (unpaired) electrons. The quantitative estimate of drug-likeness (QED) is 0.390. The van der Waals surface area contributed by atoms with Crippen molar-refractivity contribution in [3.8, 4) is 0 Å². The monoisotopic (exact) mass is 368 g/mol. The van der Waals surface area contributed by atoms with Crippen LogP contribution in [0.3, 0.4) is 0 Å². The fourth-order valence-corrected chi connectivity index (χ4v) is 2.07. The SMILES string of the molecule is CN=C(NCCNC(=O)OC(C)(C)C)NCc1ccc(F)c(COC)c1. The van der Waals surface area contributed by atoms with Crippen molar-refractivity contribution in [2.24, 2.45) is 4.99 Å². The van der Waals surface area contributed by atoms with Gasteiger partial charge < -0.3 is 25.4 Å². The molecular formula is C18H29FN4O3. The molecule has 0 aliphatic heterocycles. The molecule has 146 valence electrons. The summed E-state index contributed by atoms with van der Waals surface area (Å²) in [6.45, 7) is 7.01. The third kappa shape index (κ3) is 8.66. The molecule has 0 fully saturated rings. The van der Waals surface area contributed by atoms with Crippen LogP contribution in [0, 0.1) is 5.82 Å². The molecule has 1 rings (SSSR count). The van der Waals surface area contributed by atoms with Gasteiger partial charge in [-0.25, -0.2) is 9.18 Å². The van der Waals surface area contributed by atoms with Crippen molar-refractivity contribution < 1.29 is 18.7 Å². The van der Waals surface area contributed by atoms with Crippen LogP contribution in [0.1, 0.15) is 31.9 Å². The second kappa shape index (κ2) is 10.6. The normalized spacial score (nSPS) is 11.8. The number of alkyl carbamates (subject to hydrolysis) is 1. The molecule has 0 atom stereocenters. The highest BCUT2D eigenvalue weighted by atomic mass is 19.1. The van der Waals surface area contributed by atoms with E-state index >= 15 is 0 Å². The van der Waals surface area contributed by atoms with E-state index < -0.39 is 11.7 Å². The average Bonchev–Trinajstić information content (AvgIpc) is 2.55. The Balaban J connectivity index is 2.37. The first-order valence-electron chi connectivity index (χ1n) is 8.42. The van der Waals surface area contributed by atoms with Crippen LogP contribution in [0.15, 0.2) is 23.2 Å². The molecule has 0 aliphatic rings. The Morgan fingerprint density at radius 1 is 1.19 bits per heavy atom. The fraction of sp³-hybridized carbons (Fsp3) is 0.556. The predicted octanol–water partition coefficient (Wildman–Crippen LogP) is 2.16. The highest BCUT2D eigenvalue weighted by molar-refractivity contribution is 5.79. The fourth-order valence-electron chi connectivity index (χ4n) is 2.07. The van der Waals surface area contributed by atoms with Crippen LogP contribution in [0.5, 0.6) is 0 Å². The number of halogens is 1. The minimum Gasteiger partial charge on any atom is -0.444 e. The zero-order chi connectivity index (χ0) is 19.6. The maximum atomic E-state index is 13.6. The number of guanidine groups is 1. The Morgan fingerprint density at radius 3 is 2.50 bits per heavy atom. The number of carbonyl (C=O) groups excluding carboxylic acids is 1. The zero-order valence-corrected chi connectivity index (χ0v) is 16.1. The molecule has 0 saturated carbocycles. The van der Waals surface area contributed by atoms with Crippen molar-refractivity contribution in [3.05, 3.63) is 35.1 Å². The first-order chi connectivity index (χ1) is 12.2. The molecule has 1 aromatic carbocycles. The standard InChI is InChI=1S/C18H29FN4O3/c1-18(2,3)26-17(24)22-9-8-21-16(20-4)23-11-13-6-7-15(19)14(10-13)12-25-5/h6-7,10H,8-9,11-12H2,1-5H3,(H,22,24)(H2,20,21,23). The number of amides is 1. The summed E-state index contributed by atoms with van der Waals surface area (Å²) in [5.74, 6) is 0.292. The summed E-state index contributed by atoms with van der Waals surface area (Å²) in [4.78, 5) is 15.7. The number of rotatable bonds is 7. The average molecular weight is 368 g/mol. The first kappa shape index (κ1) is 21.7. The summed E-state index contributed by atoms with van der Waals surface area (Å²) < 4.78 is 23.8. The van der Waals surface area contributed by atoms with Crippen LogP contribution in [-0.2, 0) is 22.6 Å². The van der Waals surface area contributed by atoms with Gasteiger partial charge in [-0.05, 0) is 38.5 Å². The maximum absolute atomic E-state index is 13.6. The molecule has 0 aromatic heterocycles. The Bertz CT molecular complexity index is 615. The number of ether oxygens (including phenoxy) is 2. The van der Waals surface area contributed by atoms with Crippen molar-refractivity contribution in [1.82, 2.24) is 16.0 Å². The van der Waals surface area contributed by atoms with Crippen LogP contribution in [0.25, 0.3) is 0 Å². The van der Waals surface area contributed by atoms with Gasteiger partial charge >= 0.3 is 6.09 Å². The van der Waals surface area contributed by atoms with Crippen molar-refractivity contribution >= 4 is 12.1 Å². The van der Waals surface area contributed by atoms with Gasteiger partial charge in [0, 0.05) is 39.4 Å². The van der Waals surface area contributed by atoms with Crippen LogP contribution >= 0.6 is 0 Å². The largest absolute Gasteiger partial charge is 0.444 e. The summed E-state index contributed by atoms with van der Waals surface area (Å²) in [5.41, 5.74) is 0.899. The molecule has 3 N–H and O–H groups in total. The van der Waals surface area contributed by atoms with Gasteiger partial charge in [-0.1, -0.05) is 6.07 Å². The predicted molar refractivity (Wildman–Crippen MR) is 99.6 cm³/mol. The van der Waals surface area contributed by atoms with Crippen LogP contribution < -0.4 is 16.0 Å². The maximum Gasteiger partial charge on any atom is 0.407 e. The van der Waals surface area contributed by atoms with Crippen molar-refractivity contribution in [2.75, 3.05) is 27.2 Å². The Hall–Kier alpha value is -2.35. The van der Waals surface area contributed by atoms with Crippen LogP contribution in [0.4, 0.5) is 9.18 Å². The second-order valence-corrected chi connectivity index (χ2v) is 6.64. The lowest BCUT2D eigenvalue weighted by molar-refractivity contribution is 0.0529. The molecule has 0 saturated heterocycles. The van der Waals surface area contributed by atoms with E-state index in [1.54, 1.807) is 19.2 Å². The molecule has 0 heterocycles. The van der Waals surface area contributed by atoms with E-state index in [1.807, 2.05) is 20.8 Å². The molecule has 0 bridgehead atoms. The molecule has 1 amide bonds. The third-order valence-corrected chi connectivity index (χ3v) is 3.18. The van der Waals surface area contributed by atoms with E-state index in [9.17, 15) is 9.18 Å². The van der Waals surface area contributed by atoms with E-state index in [-0.39, 0.29) is 12.4 Å². The molecule has 1 aromatic rings. The molecule has 0 spiro atoms. The second-order valence-electron chi connectivity index (χ2n) is 6.64. The number of aliphatic imine (C=N–C) groups is 1. The van der Waals surface area contributed by atoms with Crippen molar-refractivity contribution in [1.29, 1.82) is 0 Å². The van der Waals surface area contributed by atoms with E-state index in [0.29, 0.717) is 31.2 Å². The molecule has 0 aliphatic carbocycles. The lowest BCUT2D eigenvalue weighted by Crippen LogP contribution is -2.42. The topological polar surface area (TPSA) is 84.0 Å². The Kier molecular flexibility index (Phi) is 8.84. The number of nitrogens with one attached hydrogen (secondary N) is 3. The van der Waals surface area contributed by atoms with E-state index in [1.165, 1.54) is 13.2 Å². The van der Waals surface area contributed by atoms with E-state index in [0.717, 1.165) is 5.56 Å². The number of nitrogens with zero attached hydrogens (tertiary/aromatic N) is 1. The number of hydrogen-bond acceptors (Lipinski definition) is 4. The first-order valence-corrected chi connectivity index (χ1v) is 8.42. The lowest BCUT2D eigenvalue weighted by atomic mass is 10.1. The van der Waals surface area contributed by atoms with Gasteiger partial charge in [-0.3, -0.25) is 4.99 Å². The van der Waals surface area contributed by atoms with E-state index in [4.69, 9.17) is 9.47 Å². The molecule has 26 heavy (non-hydrogen) atoms. The van der Waals surface area contributed by atoms with Crippen LogP contribution in [0.2, 0.25) is 0 Å². The number of carbonyl (C=O) groups is 1. The highest BCUT2D eigenvalue weighted by Crippen LogP contribution is 2.11. The van der Waals surface area contributed by atoms with Gasteiger partial charge in [0.05, 0.1) is 6.61 Å². The molecule has 8 heteroatoms. The van der Waals surface area contributed by atoms with Gasteiger partial charge in [0.2, 0.25) is 0 Å². The smallest absolute Gasteiger partial charge is 0.407 e. The van der Waals surface area contributed by atoms with E-state index in [2.05, 4.69) is 20.9 Å². The number of benzene rings is 1. The zero-order valence-electron chi connectivity index (χ0n) is 16.1. The molecule has 7 nitrogen and oxygen atoms in total. The van der Waals surface area contributed by atoms with Crippen molar-refractivity contribution in [3.63, 3.8) is 0 Å². The summed E-state index contributed by atoms with van der Waals surface area (Å²) >= 11 is 0. The summed E-state index contributed by atoms with van der Waals surface area (Å²) in [6.07, 6.45) is -0.459. The van der Waals surface area contributed by atoms with Gasteiger partial charge in [0.25, 0.3) is 0 Å². The third-order valence-electron chi connectivity index (χ3n) is 3.18. The van der Waals surface area contributed by atoms with Gasteiger partial charge in [-0.15, -0.1) is 0 Å². The minimum absolute atomic E-state index is 0.225. The summed E-state index contributed by atoms with van der Waals surface area (Å²) in [5, 5.41) is 8.87. The highest BCUT2D eigenvalue weighted by Gasteiger charge is 2.15. The minimum atomic E-state index is -0.522. The van der Waals surface area contributed by atoms with Crippen LogP contribution in [-0.4, -0.2) is 44.9 Å². The van der Waals surface area contributed by atoms with Gasteiger partial charge in [0.1, 0.15) is 11.4 Å². The lowest BCUT2D eigenvalue weighted by Gasteiger charge is -2.20. The molecular weight excluding hydrogens is 339 g/mol.